The van der Waals surface area contributed by atoms with E-state index in [9.17, 15) is 4.79 Å². The average Bonchev–Trinajstić information content (AvgIpc) is 3.34. The lowest BCUT2D eigenvalue weighted by molar-refractivity contribution is -0.114. The Bertz CT molecular complexity index is 1240. The maximum Gasteiger partial charge on any atom is 0.223 e. The highest BCUT2D eigenvalue weighted by atomic mass is 32.1. The molecule has 2 aromatic heterocycles. The van der Waals surface area contributed by atoms with E-state index < -0.39 is 0 Å². The maximum absolute atomic E-state index is 11.5. The molecule has 7 heteroatoms. The number of carbonyl (C=O) groups is 1. The minimum Gasteiger partial charge on any atom is -0.326 e. The van der Waals surface area contributed by atoms with Crippen molar-refractivity contribution in [3.8, 4) is 27.5 Å². The number of carbonyl (C=O) groups excluding carboxylic acids is 1. The number of thiazole rings is 1. The molecule has 0 bridgehead atoms. The number of rotatable bonds is 4. The van der Waals surface area contributed by atoms with Crippen LogP contribution in [0.5, 0.6) is 0 Å². The first kappa shape index (κ1) is 18.7. The SMILES string of the molecule is CC(=O)Nc1nc2c(s1)-c1c(c(-c3ccccc3)nn1-c1cccc(CN)c1)CC2. The van der Waals surface area contributed by atoms with Crippen molar-refractivity contribution in [2.75, 3.05) is 5.32 Å². The zero-order valence-electron chi connectivity index (χ0n) is 16.6. The third-order valence-electron chi connectivity index (χ3n) is 5.23. The molecule has 0 spiro atoms. The molecule has 1 amide bonds. The quantitative estimate of drug-likeness (QED) is 0.524. The van der Waals surface area contributed by atoms with Crippen molar-refractivity contribution in [1.82, 2.24) is 14.8 Å². The zero-order valence-corrected chi connectivity index (χ0v) is 17.4. The Labute approximate surface area is 178 Å². The van der Waals surface area contributed by atoms with E-state index in [0.29, 0.717) is 11.7 Å². The van der Waals surface area contributed by atoms with Crippen LogP contribution in [0.15, 0.2) is 54.6 Å². The van der Waals surface area contributed by atoms with Crippen LogP contribution in [-0.2, 0) is 24.2 Å². The number of aromatic nitrogens is 3. The molecule has 3 N–H and O–H groups in total. The van der Waals surface area contributed by atoms with Crippen molar-refractivity contribution in [3.63, 3.8) is 0 Å². The normalized spacial score (nSPS) is 12.3. The standard InChI is InChI=1S/C23H21N5OS/c1-14(29)25-23-26-19-11-10-18-20(16-7-3-2-4-8-16)27-28(21(18)22(19)30-23)17-9-5-6-15(12-17)13-24/h2-9,12H,10-11,13,24H2,1H3,(H,25,26,29). The Balaban J connectivity index is 1.74. The first-order valence-corrected chi connectivity index (χ1v) is 10.7. The van der Waals surface area contributed by atoms with E-state index >= 15 is 0 Å². The van der Waals surface area contributed by atoms with Crippen LogP contribution >= 0.6 is 11.3 Å². The molecule has 0 atom stereocenters. The summed E-state index contributed by atoms with van der Waals surface area (Å²) in [4.78, 5) is 17.3. The monoisotopic (exact) mass is 415 g/mol. The molecule has 4 aromatic rings. The Morgan fingerprint density at radius 3 is 2.77 bits per heavy atom. The van der Waals surface area contributed by atoms with Gasteiger partial charge in [0.25, 0.3) is 0 Å². The van der Waals surface area contributed by atoms with Crippen LogP contribution in [0.2, 0.25) is 0 Å². The lowest BCUT2D eigenvalue weighted by atomic mass is 9.95. The van der Waals surface area contributed by atoms with Crippen LogP contribution in [0.25, 0.3) is 27.5 Å². The van der Waals surface area contributed by atoms with Crippen molar-refractivity contribution < 1.29 is 4.79 Å². The number of aryl methyl sites for hydroxylation is 1. The molecule has 2 heterocycles. The molecule has 0 aliphatic heterocycles. The van der Waals surface area contributed by atoms with E-state index in [1.807, 2.05) is 41.1 Å². The Hall–Kier alpha value is -3.29. The molecule has 0 fully saturated rings. The van der Waals surface area contributed by atoms with Gasteiger partial charge in [-0.3, -0.25) is 4.79 Å². The number of amides is 1. The largest absolute Gasteiger partial charge is 0.326 e. The first-order chi connectivity index (χ1) is 14.6. The molecular weight excluding hydrogens is 394 g/mol. The van der Waals surface area contributed by atoms with E-state index in [4.69, 9.17) is 10.8 Å². The molecule has 0 saturated heterocycles. The van der Waals surface area contributed by atoms with E-state index in [0.717, 1.165) is 51.6 Å². The van der Waals surface area contributed by atoms with Gasteiger partial charge in [-0.25, -0.2) is 9.67 Å². The van der Waals surface area contributed by atoms with Crippen molar-refractivity contribution in [2.45, 2.75) is 26.3 Å². The summed E-state index contributed by atoms with van der Waals surface area (Å²) >= 11 is 1.51. The summed E-state index contributed by atoms with van der Waals surface area (Å²) in [7, 11) is 0. The van der Waals surface area contributed by atoms with Crippen LogP contribution in [0.1, 0.15) is 23.7 Å². The van der Waals surface area contributed by atoms with Crippen molar-refractivity contribution in [3.05, 3.63) is 71.4 Å². The third-order valence-corrected chi connectivity index (χ3v) is 6.25. The van der Waals surface area contributed by atoms with Crippen LogP contribution in [0, 0.1) is 0 Å². The van der Waals surface area contributed by atoms with Gasteiger partial charge in [-0.05, 0) is 30.5 Å². The second-order valence-electron chi connectivity index (χ2n) is 7.30. The summed E-state index contributed by atoms with van der Waals surface area (Å²) in [5.74, 6) is -0.115. The molecule has 0 saturated carbocycles. The molecule has 0 unspecified atom stereocenters. The Morgan fingerprint density at radius 2 is 2.00 bits per heavy atom. The van der Waals surface area contributed by atoms with Crippen molar-refractivity contribution in [1.29, 1.82) is 0 Å². The highest BCUT2D eigenvalue weighted by Crippen LogP contribution is 2.44. The van der Waals surface area contributed by atoms with Gasteiger partial charge in [0.2, 0.25) is 5.91 Å². The highest BCUT2D eigenvalue weighted by Gasteiger charge is 2.29. The maximum atomic E-state index is 11.5. The number of benzene rings is 2. The van der Waals surface area contributed by atoms with Crippen molar-refractivity contribution in [2.24, 2.45) is 5.73 Å². The van der Waals surface area contributed by atoms with Gasteiger partial charge in [-0.15, -0.1) is 0 Å². The molecule has 5 rings (SSSR count). The van der Waals surface area contributed by atoms with Gasteiger partial charge in [0.15, 0.2) is 5.13 Å². The minimum atomic E-state index is -0.115. The summed E-state index contributed by atoms with van der Waals surface area (Å²) in [5, 5.41) is 8.50. The number of nitrogens with two attached hydrogens (primary N) is 1. The summed E-state index contributed by atoms with van der Waals surface area (Å²) in [5.41, 5.74) is 13.3. The predicted molar refractivity (Wildman–Crippen MR) is 120 cm³/mol. The van der Waals surface area contributed by atoms with E-state index in [-0.39, 0.29) is 5.91 Å². The fourth-order valence-corrected chi connectivity index (χ4v) is 5.02. The third kappa shape index (κ3) is 3.22. The first-order valence-electron chi connectivity index (χ1n) is 9.88. The smallest absolute Gasteiger partial charge is 0.223 e. The summed E-state index contributed by atoms with van der Waals surface area (Å²) < 4.78 is 2.00. The molecule has 2 aromatic carbocycles. The van der Waals surface area contributed by atoms with Gasteiger partial charge in [0.05, 0.1) is 27.6 Å². The second kappa shape index (κ2) is 7.51. The molecule has 150 valence electrons. The summed E-state index contributed by atoms with van der Waals surface area (Å²) in [6.07, 6.45) is 1.68. The Kier molecular flexibility index (Phi) is 4.69. The van der Waals surface area contributed by atoms with Crippen LogP contribution in [0.3, 0.4) is 0 Å². The van der Waals surface area contributed by atoms with Gasteiger partial charge in [-0.2, -0.15) is 5.10 Å². The van der Waals surface area contributed by atoms with E-state index in [1.165, 1.54) is 23.8 Å². The van der Waals surface area contributed by atoms with Crippen LogP contribution < -0.4 is 11.1 Å². The average molecular weight is 416 g/mol. The van der Waals surface area contributed by atoms with Crippen LogP contribution in [0.4, 0.5) is 5.13 Å². The lowest BCUT2D eigenvalue weighted by Gasteiger charge is -2.14. The predicted octanol–water partition coefficient (Wildman–Crippen LogP) is 4.18. The number of hydrogen-bond donors (Lipinski definition) is 2. The Morgan fingerprint density at radius 1 is 1.17 bits per heavy atom. The van der Waals surface area contributed by atoms with E-state index in [1.54, 1.807) is 0 Å². The summed E-state index contributed by atoms with van der Waals surface area (Å²) in [6, 6.07) is 18.4. The summed E-state index contributed by atoms with van der Waals surface area (Å²) in [6.45, 7) is 1.98. The molecule has 6 nitrogen and oxygen atoms in total. The lowest BCUT2D eigenvalue weighted by Crippen LogP contribution is -2.07. The molecule has 1 aliphatic carbocycles. The number of hydrogen-bond acceptors (Lipinski definition) is 5. The van der Waals surface area contributed by atoms with Gasteiger partial charge < -0.3 is 11.1 Å². The van der Waals surface area contributed by atoms with Gasteiger partial charge in [0.1, 0.15) is 0 Å². The topological polar surface area (TPSA) is 85.8 Å². The molecule has 30 heavy (non-hydrogen) atoms. The molecule has 0 radical (unpaired) electrons. The van der Waals surface area contributed by atoms with E-state index in [2.05, 4.69) is 28.5 Å². The van der Waals surface area contributed by atoms with Gasteiger partial charge in [0, 0.05) is 24.6 Å². The van der Waals surface area contributed by atoms with Crippen molar-refractivity contribution >= 4 is 22.4 Å². The fourth-order valence-electron chi connectivity index (χ4n) is 3.90. The minimum absolute atomic E-state index is 0.115. The van der Waals surface area contributed by atoms with Gasteiger partial charge >= 0.3 is 0 Å². The number of nitrogens with one attached hydrogen (secondary N) is 1. The molecule has 1 aliphatic rings. The van der Waals surface area contributed by atoms with Gasteiger partial charge in [-0.1, -0.05) is 53.8 Å². The second-order valence-corrected chi connectivity index (χ2v) is 8.30. The number of anilines is 1. The number of nitrogens with zero attached hydrogens (tertiary/aromatic N) is 3. The number of fused-ring (bicyclic) bond motifs is 3. The zero-order chi connectivity index (χ0) is 20.7. The van der Waals surface area contributed by atoms with Crippen LogP contribution in [-0.4, -0.2) is 20.7 Å². The molecular formula is C23H21N5OS. The fraction of sp³-hybridized carbons (Fsp3) is 0.174. The highest BCUT2D eigenvalue weighted by molar-refractivity contribution is 7.19.